The highest BCUT2D eigenvalue weighted by Gasteiger charge is 2.26. The van der Waals surface area contributed by atoms with Crippen molar-refractivity contribution in [2.24, 2.45) is 0 Å². The van der Waals surface area contributed by atoms with Gasteiger partial charge in [0.2, 0.25) is 0 Å². The van der Waals surface area contributed by atoms with Gasteiger partial charge in [0, 0.05) is 6.04 Å². The molecule has 0 amide bonds. The van der Waals surface area contributed by atoms with Crippen molar-refractivity contribution >= 4 is 0 Å². The summed E-state index contributed by atoms with van der Waals surface area (Å²) in [6.07, 6.45) is 8.33. The van der Waals surface area contributed by atoms with Gasteiger partial charge in [-0.1, -0.05) is 32.6 Å². The SMILES string of the molecule is CCNC1CCCCCCC1OC(C)(C)C. The van der Waals surface area contributed by atoms with Crippen molar-refractivity contribution in [1.29, 1.82) is 0 Å². The second-order valence-electron chi connectivity index (χ2n) is 5.92. The summed E-state index contributed by atoms with van der Waals surface area (Å²) >= 11 is 0. The molecule has 0 bridgehead atoms. The molecule has 0 radical (unpaired) electrons. The molecule has 1 rings (SSSR count). The average Bonchev–Trinajstić information content (AvgIpc) is 2.14. The minimum Gasteiger partial charge on any atom is -0.371 e. The van der Waals surface area contributed by atoms with Gasteiger partial charge < -0.3 is 10.1 Å². The van der Waals surface area contributed by atoms with E-state index >= 15 is 0 Å². The van der Waals surface area contributed by atoms with Crippen LogP contribution >= 0.6 is 0 Å². The second-order valence-corrected chi connectivity index (χ2v) is 5.92. The standard InChI is InChI=1S/C14H29NO/c1-5-15-12-10-8-6-7-9-11-13(12)16-14(2,3)4/h12-13,15H,5-11H2,1-4H3. The van der Waals surface area contributed by atoms with Crippen LogP contribution in [0.1, 0.15) is 66.2 Å². The molecule has 0 aromatic rings. The predicted molar refractivity (Wildman–Crippen MR) is 69.8 cm³/mol. The van der Waals surface area contributed by atoms with E-state index in [1.54, 1.807) is 0 Å². The quantitative estimate of drug-likeness (QED) is 0.796. The maximum atomic E-state index is 6.22. The van der Waals surface area contributed by atoms with Crippen LogP contribution in [0.25, 0.3) is 0 Å². The van der Waals surface area contributed by atoms with E-state index in [1.165, 1.54) is 38.5 Å². The third-order valence-electron chi connectivity index (χ3n) is 3.17. The molecule has 2 unspecified atom stereocenters. The van der Waals surface area contributed by atoms with Gasteiger partial charge in [0.15, 0.2) is 0 Å². The van der Waals surface area contributed by atoms with E-state index in [1.807, 2.05) is 0 Å². The number of rotatable bonds is 3. The van der Waals surface area contributed by atoms with Crippen molar-refractivity contribution in [1.82, 2.24) is 5.32 Å². The van der Waals surface area contributed by atoms with Crippen LogP contribution in [0.5, 0.6) is 0 Å². The third kappa shape index (κ3) is 5.31. The first kappa shape index (κ1) is 14.0. The molecule has 2 nitrogen and oxygen atoms in total. The Kier molecular flexibility index (Phi) is 5.77. The van der Waals surface area contributed by atoms with Gasteiger partial charge in [0.05, 0.1) is 11.7 Å². The van der Waals surface area contributed by atoms with Crippen LogP contribution in [0.15, 0.2) is 0 Å². The first-order valence-electron chi connectivity index (χ1n) is 6.94. The first-order chi connectivity index (χ1) is 7.53. The Hall–Kier alpha value is -0.0800. The van der Waals surface area contributed by atoms with Gasteiger partial charge in [-0.2, -0.15) is 0 Å². The molecule has 1 aliphatic carbocycles. The largest absolute Gasteiger partial charge is 0.371 e. The molecule has 96 valence electrons. The fourth-order valence-electron chi connectivity index (χ4n) is 2.54. The van der Waals surface area contributed by atoms with Gasteiger partial charge in [-0.05, 0) is 40.2 Å². The molecule has 1 fully saturated rings. The fourth-order valence-corrected chi connectivity index (χ4v) is 2.54. The summed E-state index contributed by atoms with van der Waals surface area (Å²) in [5.41, 5.74) is -0.0163. The Morgan fingerprint density at radius 3 is 2.25 bits per heavy atom. The highest BCUT2D eigenvalue weighted by Crippen LogP contribution is 2.24. The van der Waals surface area contributed by atoms with Crippen LogP contribution in [-0.4, -0.2) is 24.3 Å². The maximum Gasteiger partial charge on any atom is 0.0735 e. The molecular weight excluding hydrogens is 198 g/mol. The van der Waals surface area contributed by atoms with Crippen molar-refractivity contribution in [2.45, 2.75) is 84.0 Å². The fraction of sp³-hybridized carbons (Fsp3) is 1.00. The Bertz CT molecular complexity index is 186. The average molecular weight is 227 g/mol. The lowest BCUT2D eigenvalue weighted by atomic mass is 9.93. The summed E-state index contributed by atoms with van der Waals surface area (Å²) in [7, 11) is 0. The smallest absolute Gasteiger partial charge is 0.0735 e. The van der Waals surface area contributed by atoms with Crippen LogP contribution in [0.3, 0.4) is 0 Å². The topological polar surface area (TPSA) is 21.3 Å². The van der Waals surface area contributed by atoms with E-state index in [-0.39, 0.29) is 5.60 Å². The summed E-state index contributed by atoms with van der Waals surface area (Å²) in [6.45, 7) is 9.72. The molecule has 1 aliphatic rings. The maximum absolute atomic E-state index is 6.22. The van der Waals surface area contributed by atoms with Gasteiger partial charge in [-0.25, -0.2) is 0 Å². The van der Waals surface area contributed by atoms with E-state index in [2.05, 4.69) is 33.0 Å². The van der Waals surface area contributed by atoms with E-state index in [0.717, 1.165) is 6.54 Å². The summed E-state index contributed by atoms with van der Waals surface area (Å²) in [5, 5.41) is 3.60. The lowest BCUT2D eigenvalue weighted by Crippen LogP contribution is -2.45. The first-order valence-corrected chi connectivity index (χ1v) is 6.94. The molecule has 16 heavy (non-hydrogen) atoms. The van der Waals surface area contributed by atoms with Gasteiger partial charge in [-0.3, -0.25) is 0 Å². The lowest BCUT2D eigenvalue weighted by Gasteiger charge is -2.35. The molecule has 0 heterocycles. The monoisotopic (exact) mass is 227 g/mol. The van der Waals surface area contributed by atoms with Crippen LogP contribution in [-0.2, 0) is 4.74 Å². The lowest BCUT2D eigenvalue weighted by molar-refractivity contribution is -0.0817. The molecule has 2 heteroatoms. The van der Waals surface area contributed by atoms with Crippen LogP contribution in [0, 0.1) is 0 Å². The molecule has 1 saturated carbocycles. The highest BCUT2D eigenvalue weighted by molar-refractivity contribution is 4.81. The molecule has 2 atom stereocenters. The molecule has 0 aromatic carbocycles. The van der Waals surface area contributed by atoms with E-state index < -0.39 is 0 Å². The normalized spacial score (nSPS) is 28.5. The van der Waals surface area contributed by atoms with Gasteiger partial charge in [0.25, 0.3) is 0 Å². The second kappa shape index (κ2) is 6.61. The molecule has 1 N–H and O–H groups in total. The van der Waals surface area contributed by atoms with Crippen molar-refractivity contribution < 1.29 is 4.74 Å². The van der Waals surface area contributed by atoms with Crippen LogP contribution < -0.4 is 5.32 Å². The zero-order chi connectivity index (χ0) is 12.0. The Labute approximate surface area is 101 Å². The minimum absolute atomic E-state index is 0.0163. The molecular formula is C14H29NO. The van der Waals surface area contributed by atoms with Gasteiger partial charge in [-0.15, -0.1) is 0 Å². The third-order valence-corrected chi connectivity index (χ3v) is 3.17. The van der Waals surface area contributed by atoms with Crippen molar-refractivity contribution in [3.63, 3.8) is 0 Å². The van der Waals surface area contributed by atoms with E-state index in [4.69, 9.17) is 4.74 Å². The number of hydrogen-bond donors (Lipinski definition) is 1. The Balaban J connectivity index is 2.56. The predicted octanol–water partition coefficient (Wildman–Crippen LogP) is 3.50. The summed E-state index contributed by atoms with van der Waals surface area (Å²) in [6, 6.07) is 0.560. The zero-order valence-corrected chi connectivity index (χ0v) is 11.5. The molecule has 0 aliphatic heterocycles. The van der Waals surface area contributed by atoms with E-state index in [0.29, 0.717) is 12.1 Å². The molecule has 0 spiro atoms. The molecule has 0 saturated heterocycles. The Morgan fingerprint density at radius 2 is 1.69 bits per heavy atom. The van der Waals surface area contributed by atoms with Crippen molar-refractivity contribution in [3.8, 4) is 0 Å². The summed E-state index contributed by atoms with van der Waals surface area (Å²) in [4.78, 5) is 0. The number of nitrogens with one attached hydrogen (secondary N) is 1. The summed E-state index contributed by atoms with van der Waals surface area (Å²) < 4.78 is 6.22. The Morgan fingerprint density at radius 1 is 1.06 bits per heavy atom. The number of likely N-dealkylation sites (N-methyl/N-ethyl adjacent to an activating group) is 1. The number of hydrogen-bond acceptors (Lipinski definition) is 2. The van der Waals surface area contributed by atoms with E-state index in [9.17, 15) is 0 Å². The number of ether oxygens (including phenoxy) is 1. The van der Waals surface area contributed by atoms with Crippen molar-refractivity contribution in [2.75, 3.05) is 6.54 Å². The van der Waals surface area contributed by atoms with Gasteiger partial charge in [0.1, 0.15) is 0 Å². The molecule has 0 aromatic heterocycles. The minimum atomic E-state index is -0.0163. The van der Waals surface area contributed by atoms with Crippen LogP contribution in [0.2, 0.25) is 0 Å². The summed E-state index contributed by atoms with van der Waals surface area (Å²) in [5.74, 6) is 0. The zero-order valence-electron chi connectivity index (χ0n) is 11.5. The van der Waals surface area contributed by atoms with Crippen LogP contribution in [0.4, 0.5) is 0 Å². The highest BCUT2D eigenvalue weighted by atomic mass is 16.5. The van der Waals surface area contributed by atoms with Crippen molar-refractivity contribution in [3.05, 3.63) is 0 Å². The van der Waals surface area contributed by atoms with Gasteiger partial charge >= 0.3 is 0 Å².